The molecule has 0 spiro atoms. The lowest BCUT2D eigenvalue weighted by molar-refractivity contribution is -0.167. The highest BCUT2D eigenvalue weighted by molar-refractivity contribution is 5.71. The minimum Gasteiger partial charge on any atom is -0.462 e. The van der Waals surface area contributed by atoms with Crippen molar-refractivity contribution >= 4 is 17.9 Å². The second kappa shape index (κ2) is 50.8. The summed E-state index contributed by atoms with van der Waals surface area (Å²) in [5.74, 6) is -0.910. The van der Waals surface area contributed by atoms with Crippen LogP contribution in [0.4, 0.5) is 0 Å². The molecule has 0 aromatic rings. The van der Waals surface area contributed by atoms with E-state index in [9.17, 15) is 14.4 Å². The highest BCUT2D eigenvalue weighted by atomic mass is 16.6. The molecule has 0 saturated carbocycles. The summed E-state index contributed by atoms with van der Waals surface area (Å²) in [6.07, 6.45) is 62.0. The predicted octanol–water partition coefficient (Wildman–Crippen LogP) is 17.3. The molecule has 6 nitrogen and oxygen atoms in total. The third kappa shape index (κ3) is 48.1. The van der Waals surface area contributed by atoms with E-state index >= 15 is 0 Å². The molecular weight excluding hydrogens is 769 g/mol. The average molecular weight is 867 g/mol. The van der Waals surface area contributed by atoms with Gasteiger partial charge in [0.1, 0.15) is 13.2 Å². The molecule has 0 amide bonds. The first kappa shape index (κ1) is 59.1. The molecular formula is C56H98O6. The minimum absolute atomic E-state index is 0.0848. The Morgan fingerprint density at radius 1 is 0.323 bits per heavy atom. The summed E-state index contributed by atoms with van der Waals surface area (Å²) in [5.41, 5.74) is 0. The average Bonchev–Trinajstić information content (AvgIpc) is 3.27. The number of ether oxygens (including phenoxy) is 3. The fourth-order valence-corrected chi connectivity index (χ4v) is 7.32. The Kier molecular flexibility index (Phi) is 48.4. The number of esters is 3. The molecule has 0 aromatic carbocycles. The van der Waals surface area contributed by atoms with E-state index in [-0.39, 0.29) is 31.1 Å². The first-order chi connectivity index (χ1) is 30.5. The minimum atomic E-state index is -0.784. The third-order valence-corrected chi connectivity index (χ3v) is 11.3. The van der Waals surface area contributed by atoms with Crippen LogP contribution in [0.2, 0.25) is 0 Å². The molecule has 0 N–H and O–H groups in total. The zero-order valence-corrected chi connectivity index (χ0v) is 40.9. The van der Waals surface area contributed by atoms with Crippen LogP contribution in [0.25, 0.3) is 0 Å². The van der Waals surface area contributed by atoms with Crippen molar-refractivity contribution < 1.29 is 28.6 Å². The van der Waals surface area contributed by atoms with E-state index in [0.717, 1.165) is 89.9 Å². The molecule has 0 radical (unpaired) electrons. The van der Waals surface area contributed by atoms with Gasteiger partial charge in [-0.05, 0) is 64.2 Å². The molecule has 0 aliphatic carbocycles. The summed E-state index contributed by atoms with van der Waals surface area (Å²) in [6, 6.07) is 0. The third-order valence-electron chi connectivity index (χ3n) is 11.3. The van der Waals surface area contributed by atoms with Gasteiger partial charge in [-0.3, -0.25) is 14.4 Å². The number of carbonyl (C=O) groups is 3. The molecule has 1 atom stereocenters. The van der Waals surface area contributed by atoms with Crippen LogP contribution in [0, 0.1) is 0 Å². The Balaban J connectivity index is 4.40. The lowest BCUT2D eigenvalue weighted by atomic mass is 10.0. The number of hydrogen-bond donors (Lipinski definition) is 0. The zero-order valence-electron chi connectivity index (χ0n) is 40.9. The van der Waals surface area contributed by atoms with Gasteiger partial charge in [0.15, 0.2) is 6.10 Å². The highest BCUT2D eigenvalue weighted by Gasteiger charge is 2.19. The molecule has 0 aliphatic heterocycles. The van der Waals surface area contributed by atoms with Gasteiger partial charge in [-0.15, -0.1) is 0 Å². The van der Waals surface area contributed by atoms with E-state index < -0.39 is 6.10 Å². The van der Waals surface area contributed by atoms with E-state index in [1.165, 1.54) is 128 Å². The Hall–Kier alpha value is -2.89. The molecule has 1 unspecified atom stereocenters. The second-order valence-corrected chi connectivity index (χ2v) is 17.5. The van der Waals surface area contributed by atoms with Crippen LogP contribution in [0.3, 0.4) is 0 Å². The van der Waals surface area contributed by atoms with Crippen LogP contribution >= 0.6 is 0 Å². The van der Waals surface area contributed by atoms with Gasteiger partial charge in [-0.25, -0.2) is 0 Å². The number of unbranched alkanes of at least 4 members (excludes halogenated alkanes) is 29. The Labute approximate surface area is 383 Å². The number of carbonyl (C=O) groups excluding carboxylic acids is 3. The van der Waals surface area contributed by atoms with Crippen molar-refractivity contribution in [1.82, 2.24) is 0 Å². The smallest absolute Gasteiger partial charge is 0.306 e. The van der Waals surface area contributed by atoms with Gasteiger partial charge in [-0.1, -0.05) is 236 Å². The maximum atomic E-state index is 12.8. The lowest BCUT2D eigenvalue weighted by Crippen LogP contribution is -2.30. The SMILES string of the molecule is CCCC/C=C\CCCCCCCC(=O)OCC(COC(=O)CCCCCCC\C=C/C=C\C=C/C=C\CCCCC)OC(=O)CCCCCCCCCCCCCCCCC. The predicted molar refractivity (Wildman–Crippen MR) is 265 cm³/mol. The van der Waals surface area contributed by atoms with Crippen molar-refractivity contribution in [2.75, 3.05) is 13.2 Å². The fourth-order valence-electron chi connectivity index (χ4n) is 7.32. The number of rotatable bonds is 47. The molecule has 0 heterocycles. The van der Waals surface area contributed by atoms with Crippen molar-refractivity contribution in [3.8, 4) is 0 Å². The van der Waals surface area contributed by atoms with Crippen LogP contribution in [0.1, 0.15) is 258 Å². The number of hydrogen-bond acceptors (Lipinski definition) is 6. The van der Waals surface area contributed by atoms with Gasteiger partial charge in [0.05, 0.1) is 0 Å². The highest BCUT2D eigenvalue weighted by Crippen LogP contribution is 2.15. The summed E-state index contributed by atoms with van der Waals surface area (Å²) < 4.78 is 16.8. The molecule has 6 heteroatoms. The summed E-state index contributed by atoms with van der Waals surface area (Å²) in [4.78, 5) is 38.0. The number of allylic oxidation sites excluding steroid dienone is 10. The van der Waals surface area contributed by atoms with Gasteiger partial charge >= 0.3 is 17.9 Å². The zero-order chi connectivity index (χ0) is 45.1. The summed E-state index contributed by atoms with van der Waals surface area (Å²) in [6.45, 7) is 6.55. The molecule has 358 valence electrons. The molecule has 0 bridgehead atoms. The van der Waals surface area contributed by atoms with Crippen molar-refractivity contribution in [3.05, 3.63) is 60.8 Å². The molecule has 0 fully saturated rings. The van der Waals surface area contributed by atoms with Gasteiger partial charge in [0.25, 0.3) is 0 Å². The van der Waals surface area contributed by atoms with Gasteiger partial charge in [-0.2, -0.15) is 0 Å². The maximum Gasteiger partial charge on any atom is 0.306 e. The quantitative estimate of drug-likeness (QED) is 0.0199. The fraction of sp³-hybridized carbons (Fsp3) is 0.768. The van der Waals surface area contributed by atoms with E-state index in [0.29, 0.717) is 19.3 Å². The second-order valence-electron chi connectivity index (χ2n) is 17.5. The maximum absolute atomic E-state index is 12.8. The van der Waals surface area contributed by atoms with Crippen molar-refractivity contribution in [2.24, 2.45) is 0 Å². The van der Waals surface area contributed by atoms with Gasteiger partial charge in [0.2, 0.25) is 0 Å². The first-order valence-electron chi connectivity index (χ1n) is 26.3. The van der Waals surface area contributed by atoms with Gasteiger partial charge in [0, 0.05) is 19.3 Å². The molecule has 0 rings (SSSR count). The molecule has 0 aromatic heterocycles. The van der Waals surface area contributed by atoms with Gasteiger partial charge < -0.3 is 14.2 Å². The topological polar surface area (TPSA) is 78.9 Å². The molecule has 62 heavy (non-hydrogen) atoms. The molecule has 0 saturated heterocycles. The monoisotopic (exact) mass is 867 g/mol. The normalized spacial score (nSPS) is 12.5. The summed E-state index contributed by atoms with van der Waals surface area (Å²) in [7, 11) is 0. The van der Waals surface area contributed by atoms with Crippen molar-refractivity contribution in [3.63, 3.8) is 0 Å². The van der Waals surface area contributed by atoms with Crippen LogP contribution in [-0.2, 0) is 28.6 Å². The van der Waals surface area contributed by atoms with E-state index in [1.54, 1.807) is 0 Å². The van der Waals surface area contributed by atoms with Crippen LogP contribution in [-0.4, -0.2) is 37.2 Å². The van der Waals surface area contributed by atoms with E-state index in [4.69, 9.17) is 14.2 Å². The van der Waals surface area contributed by atoms with Crippen molar-refractivity contribution in [1.29, 1.82) is 0 Å². The van der Waals surface area contributed by atoms with Crippen molar-refractivity contribution in [2.45, 2.75) is 264 Å². The summed E-state index contributed by atoms with van der Waals surface area (Å²) in [5, 5.41) is 0. The molecule has 0 aliphatic rings. The lowest BCUT2D eigenvalue weighted by Gasteiger charge is -2.18. The Morgan fingerprint density at radius 3 is 1.03 bits per heavy atom. The van der Waals surface area contributed by atoms with E-state index in [1.807, 2.05) is 0 Å². The Morgan fingerprint density at radius 2 is 0.613 bits per heavy atom. The first-order valence-corrected chi connectivity index (χ1v) is 26.3. The van der Waals surface area contributed by atoms with Crippen LogP contribution < -0.4 is 0 Å². The van der Waals surface area contributed by atoms with Crippen LogP contribution in [0.5, 0.6) is 0 Å². The standard InChI is InChI=1S/C56H98O6/c1-4-7-10-13-16-19-22-24-26-27-28-30-31-34-37-40-43-46-49-55(58)61-52-53(51-60-54(57)48-45-42-39-36-33-21-18-15-12-9-6-3)62-56(59)50-47-44-41-38-35-32-29-25-23-20-17-14-11-8-5-2/h15-16,18-19,22,24,26-28,30,53H,4-14,17,20-21,23,25,29,31-52H2,1-3H3/b18-15-,19-16-,24-22-,27-26-,30-28-. The van der Waals surface area contributed by atoms with E-state index in [2.05, 4.69) is 81.5 Å². The summed E-state index contributed by atoms with van der Waals surface area (Å²) >= 11 is 0. The Bertz CT molecular complexity index is 1130. The van der Waals surface area contributed by atoms with Crippen LogP contribution in [0.15, 0.2) is 60.8 Å². The largest absolute Gasteiger partial charge is 0.462 e.